The number of nitrogens with one attached hydrogen (secondary N) is 2. The molecule has 3 rings (SSSR count). The van der Waals surface area contributed by atoms with Gasteiger partial charge in [0, 0.05) is 12.0 Å². The average Bonchev–Trinajstić information content (AvgIpc) is 2.48. The van der Waals surface area contributed by atoms with Crippen LogP contribution in [0, 0.1) is 11.8 Å². The molecular weight excluding hydrogens is 278 g/mol. The number of carbonyl (C=O) groups excluding carboxylic acids is 1. The third-order valence-corrected chi connectivity index (χ3v) is 3.90. The van der Waals surface area contributed by atoms with Gasteiger partial charge in [0.1, 0.15) is 5.75 Å². The number of amides is 1. The number of para-hydroxylation sites is 1. The molecule has 2 aromatic rings. The minimum atomic E-state index is 0.00138. The second-order valence-electron chi connectivity index (χ2n) is 5.50. The number of aromatic nitrogens is 1. The van der Waals surface area contributed by atoms with Gasteiger partial charge < -0.3 is 15.4 Å². The zero-order valence-electron chi connectivity index (χ0n) is 12.5. The van der Waals surface area contributed by atoms with E-state index < -0.39 is 0 Å². The standard InChI is InChI=1S/C17H19N3O2/c1-12(13-9-18-10-13)17(21)20-14-7-8-16(19-11-14)22-15-5-3-2-4-6-15/h2-8,11-13,18H,9-10H2,1H3,(H,20,21). The third-order valence-electron chi connectivity index (χ3n) is 3.90. The molecule has 5 heteroatoms. The van der Waals surface area contributed by atoms with Crippen LogP contribution >= 0.6 is 0 Å². The maximum absolute atomic E-state index is 12.1. The minimum Gasteiger partial charge on any atom is -0.439 e. The van der Waals surface area contributed by atoms with Gasteiger partial charge in [0.2, 0.25) is 11.8 Å². The molecule has 0 aliphatic carbocycles. The van der Waals surface area contributed by atoms with E-state index in [9.17, 15) is 4.79 Å². The van der Waals surface area contributed by atoms with Crippen LogP contribution in [-0.2, 0) is 4.79 Å². The van der Waals surface area contributed by atoms with Crippen molar-refractivity contribution in [3.8, 4) is 11.6 Å². The van der Waals surface area contributed by atoms with Gasteiger partial charge in [-0.1, -0.05) is 25.1 Å². The Bertz CT molecular complexity index is 624. The van der Waals surface area contributed by atoms with Crippen LogP contribution < -0.4 is 15.4 Å². The molecule has 1 aliphatic rings. The summed E-state index contributed by atoms with van der Waals surface area (Å²) in [5.74, 6) is 1.69. The summed E-state index contributed by atoms with van der Waals surface area (Å²) in [6.45, 7) is 3.79. The van der Waals surface area contributed by atoms with Crippen LogP contribution in [0.5, 0.6) is 11.6 Å². The van der Waals surface area contributed by atoms with E-state index in [1.165, 1.54) is 0 Å². The Morgan fingerprint density at radius 2 is 2.05 bits per heavy atom. The molecule has 1 unspecified atom stereocenters. The number of carbonyl (C=O) groups is 1. The highest BCUT2D eigenvalue weighted by Crippen LogP contribution is 2.21. The fourth-order valence-corrected chi connectivity index (χ4v) is 2.26. The quantitative estimate of drug-likeness (QED) is 0.890. The number of hydrogen-bond acceptors (Lipinski definition) is 4. The fraction of sp³-hybridized carbons (Fsp3) is 0.294. The van der Waals surface area contributed by atoms with Gasteiger partial charge in [-0.15, -0.1) is 0 Å². The topological polar surface area (TPSA) is 63.2 Å². The van der Waals surface area contributed by atoms with Crippen molar-refractivity contribution in [2.75, 3.05) is 18.4 Å². The number of nitrogens with zero attached hydrogens (tertiary/aromatic N) is 1. The molecule has 1 aliphatic heterocycles. The van der Waals surface area contributed by atoms with Crippen LogP contribution in [0.15, 0.2) is 48.7 Å². The Morgan fingerprint density at radius 1 is 1.27 bits per heavy atom. The molecule has 2 N–H and O–H groups in total. The highest BCUT2D eigenvalue weighted by atomic mass is 16.5. The van der Waals surface area contributed by atoms with Gasteiger partial charge in [-0.25, -0.2) is 4.98 Å². The molecule has 2 heterocycles. The van der Waals surface area contributed by atoms with E-state index in [1.807, 2.05) is 37.3 Å². The van der Waals surface area contributed by atoms with E-state index in [2.05, 4.69) is 15.6 Å². The number of pyridine rings is 1. The van der Waals surface area contributed by atoms with Crippen LogP contribution in [0.3, 0.4) is 0 Å². The van der Waals surface area contributed by atoms with E-state index in [0.29, 0.717) is 17.5 Å². The summed E-state index contributed by atoms with van der Waals surface area (Å²) in [5, 5.41) is 6.08. The van der Waals surface area contributed by atoms with Crippen LogP contribution in [0.25, 0.3) is 0 Å². The Kier molecular flexibility index (Phi) is 4.34. The van der Waals surface area contributed by atoms with Crippen molar-refractivity contribution in [1.82, 2.24) is 10.3 Å². The maximum atomic E-state index is 12.1. The summed E-state index contributed by atoms with van der Waals surface area (Å²) in [7, 11) is 0. The summed E-state index contributed by atoms with van der Waals surface area (Å²) in [5.41, 5.74) is 0.685. The van der Waals surface area contributed by atoms with Crippen LogP contribution in [0.2, 0.25) is 0 Å². The van der Waals surface area contributed by atoms with Gasteiger partial charge in [-0.2, -0.15) is 0 Å². The van der Waals surface area contributed by atoms with Gasteiger partial charge in [-0.3, -0.25) is 4.79 Å². The van der Waals surface area contributed by atoms with Gasteiger partial charge in [0.25, 0.3) is 0 Å². The minimum absolute atomic E-state index is 0.00138. The van der Waals surface area contributed by atoms with Crippen molar-refractivity contribution in [3.05, 3.63) is 48.7 Å². The second-order valence-corrected chi connectivity index (χ2v) is 5.50. The van der Waals surface area contributed by atoms with Crippen molar-refractivity contribution in [2.24, 2.45) is 11.8 Å². The molecule has 0 bridgehead atoms. The first-order chi connectivity index (χ1) is 10.7. The average molecular weight is 297 g/mol. The van der Waals surface area contributed by atoms with Crippen LogP contribution in [-0.4, -0.2) is 24.0 Å². The summed E-state index contributed by atoms with van der Waals surface area (Å²) in [4.78, 5) is 16.3. The van der Waals surface area contributed by atoms with Gasteiger partial charge in [0.15, 0.2) is 0 Å². The maximum Gasteiger partial charge on any atom is 0.227 e. The van der Waals surface area contributed by atoms with E-state index in [-0.39, 0.29) is 11.8 Å². The molecule has 1 amide bonds. The predicted octanol–water partition coefficient (Wildman–Crippen LogP) is 2.67. The molecule has 1 atom stereocenters. The lowest BCUT2D eigenvalue weighted by Gasteiger charge is -2.31. The van der Waals surface area contributed by atoms with Crippen molar-refractivity contribution in [3.63, 3.8) is 0 Å². The highest BCUT2D eigenvalue weighted by molar-refractivity contribution is 5.92. The smallest absolute Gasteiger partial charge is 0.227 e. The first-order valence-corrected chi connectivity index (χ1v) is 7.43. The molecule has 114 valence electrons. The molecule has 5 nitrogen and oxygen atoms in total. The van der Waals surface area contributed by atoms with Gasteiger partial charge in [0.05, 0.1) is 11.9 Å². The summed E-state index contributed by atoms with van der Waals surface area (Å²) in [6.07, 6.45) is 1.61. The molecule has 1 saturated heterocycles. The number of ether oxygens (including phenoxy) is 1. The van der Waals surface area contributed by atoms with E-state index >= 15 is 0 Å². The zero-order valence-corrected chi connectivity index (χ0v) is 12.5. The first-order valence-electron chi connectivity index (χ1n) is 7.43. The largest absolute Gasteiger partial charge is 0.439 e. The lowest BCUT2D eigenvalue weighted by atomic mass is 9.88. The molecule has 1 fully saturated rings. The predicted molar refractivity (Wildman–Crippen MR) is 84.9 cm³/mol. The Hall–Kier alpha value is -2.40. The zero-order chi connectivity index (χ0) is 15.4. The number of rotatable bonds is 5. The first kappa shape index (κ1) is 14.5. The van der Waals surface area contributed by atoms with E-state index in [0.717, 1.165) is 18.8 Å². The molecule has 1 aromatic heterocycles. The number of benzene rings is 1. The summed E-state index contributed by atoms with van der Waals surface area (Å²) < 4.78 is 5.62. The fourth-order valence-electron chi connectivity index (χ4n) is 2.26. The van der Waals surface area contributed by atoms with Crippen LogP contribution in [0.1, 0.15) is 6.92 Å². The van der Waals surface area contributed by atoms with Crippen molar-refractivity contribution < 1.29 is 9.53 Å². The highest BCUT2D eigenvalue weighted by Gasteiger charge is 2.28. The lowest BCUT2D eigenvalue weighted by molar-refractivity contribution is -0.121. The Balaban J connectivity index is 1.58. The summed E-state index contributed by atoms with van der Waals surface area (Å²) >= 11 is 0. The monoisotopic (exact) mass is 297 g/mol. The molecule has 0 spiro atoms. The lowest BCUT2D eigenvalue weighted by Crippen LogP contribution is -2.48. The van der Waals surface area contributed by atoms with E-state index in [4.69, 9.17) is 4.74 Å². The molecule has 0 saturated carbocycles. The molecule has 1 aromatic carbocycles. The third kappa shape index (κ3) is 3.43. The Morgan fingerprint density at radius 3 is 2.64 bits per heavy atom. The van der Waals surface area contributed by atoms with Gasteiger partial charge >= 0.3 is 0 Å². The normalized spacial score (nSPS) is 15.7. The molecule has 0 radical (unpaired) electrons. The molecular formula is C17H19N3O2. The number of anilines is 1. The number of hydrogen-bond donors (Lipinski definition) is 2. The summed E-state index contributed by atoms with van der Waals surface area (Å²) in [6, 6.07) is 13.0. The SMILES string of the molecule is CC(C(=O)Nc1ccc(Oc2ccccc2)nc1)C1CNC1. The van der Waals surface area contributed by atoms with Gasteiger partial charge in [-0.05, 0) is 37.2 Å². The molecule has 22 heavy (non-hydrogen) atoms. The van der Waals surface area contributed by atoms with Crippen molar-refractivity contribution in [1.29, 1.82) is 0 Å². The second kappa shape index (κ2) is 6.58. The van der Waals surface area contributed by atoms with Crippen molar-refractivity contribution >= 4 is 11.6 Å². The Labute approximate surface area is 129 Å². The van der Waals surface area contributed by atoms with E-state index in [1.54, 1.807) is 18.3 Å². The van der Waals surface area contributed by atoms with Crippen molar-refractivity contribution in [2.45, 2.75) is 6.92 Å². The van der Waals surface area contributed by atoms with Crippen LogP contribution in [0.4, 0.5) is 5.69 Å².